The van der Waals surface area contributed by atoms with Gasteiger partial charge in [0.05, 0.1) is 29.0 Å². The van der Waals surface area contributed by atoms with Crippen LogP contribution in [0, 0.1) is 0 Å². The molecule has 0 aromatic carbocycles. The van der Waals surface area contributed by atoms with Crippen LogP contribution in [0.25, 0.3) is 0 Å². The van der Waals surface area contributed by atoms with E-state index in [9.17, 15) is 0 Å². The van der Waals surface area contributed by atoms with Crippen LogP contribution in [0.4, 0.5) is 5.13 Å². The summed E-state index contributed by atoms with van der Waals surface area (Å²) in [5.74, 6) is 1.01. The molecule has 4 rings (SSSR count). The lowest BCUT2D eigenvalue weighted by molar-refractivity contribution is 0.447. The van der Waals surface area contributed by atoms with Crippen molar-refractivity contribution < 1.29 is 0 Å². The van der Waals surface area contributed by atoms with Gasteiger partial charge in [-0.15, -0.1) is 11.3 Å². The van der Waals surface area contributed by atoms with E-state index in [4.69, 9.17) is 0 Å². The minimum absolute atomic E-state index is 0.744. The number of amidine groups is 1. The summed E-state index contributed by atoms with van der Waals surface area (Å²) < 4.78 is 1.01. The van der Waals surface area contributed by atoms with Crippen LogP contribution in [-0.2, 0) is 0 Å². The fourth-order valence-electron chi connectivity index (χ4n) is 2.40. The standard InChI is InChI=1S/C12H11BrN6S/c13-8-5-9-10(19-3-1-14-11(8)19)6-18(7-16-9)17-12-15-2-4-20-12/h2,4-5,7H,1,3,6H2,(H,15,17). The number of halogens is 1. The number of thiazole rings is 1. The monoisotopic (exact) mass is 350 g/mol. The molecule has 4 heterocycles. The molecular formula is C12H11BrN6S. The average molecular weight is 351 g/mol. The minimum atomic E-state index is 0.744. The van der Waals surface area contributed by atoms with Crippen LogP contribution in [0.1, 0.15) is 0 Å². The summed E-state index contributed by atoms with van der Waals surface area (Å²) in [4.78, 5) is 15.5. The van der Waals surface area contributed by atoms with E-state index in [0.29, 0.717) is 0 Å². The molecule has 20 heavy (non-hydrogen) atoms. The van der Waals surface area contributed by atoms with E-state index in [1.807, 2.05) is 16.5 Å². The number of fused-ring (bicyclic) bond motifs is 2. The molecule has 0 amide bonds. The quantitative estimate of drug-likeness (QED) is 0.886. The smallest absolute Gasteiger partial charge is 0.201 e. The Hall–Kier alpha value is -1.67. The van der Waals surface area contributed by atoms with E-state index < -0.39 is 0 Å². The Balaban J connectivity index is 1.60. The van der Waals surface area contributed by atoms with Gasteiger partial charge < -0.3 is 4.90 Å². The lowest BCUT2D eigenvalue weighted by Gasteiger charge is -2.34. The summed E-state index contributed by atoms with van der Waals surface area (Å²) >= 11 is 5.13. The molecule has 3 aliphatic rings. The maximum Gasteiger partial charge on any atom is 0.201 e. The SMILES string of the molecule is BrC1=CC2=C(CN(Nc3nccs3)C=N2)N2CCN=C12. The molecule has 6 nitrogen and oxygen atoms in total. The van der Waals surface area contributed by atoms with Crippen LogP contribution in [0.15, 0.2) is 43.5 Å². The first kappa shape index (κ1) is 12.1. The molecule has 0 bridgehead atoms. The first-order chi connectivity index (χ1) is 9.81. The highest BCUT2D eigenvalue weighted by atomic mass is 79.9. The van der Waals surface area contributed by atoms with Crippen molar-refractivity contribution in [3.8, 4) is 0 Å². The van der Waals surface area contributed by atoms with Gasteiger partial charge in [0.15, 0.2) is 0 Å². The van der Waals surface area contributed by atoms with Crippen LogP contribution in [0.3, 0.4) is 0 Å². The largest absolute Gasteiger partial charge is 0.324 e. The van der Waals surface area contributed by atoms with E-state index in [2.05, 4.69) is 41.2 Å². The molecule has 0 aliphatic carbocycles. The van der Waals surface area contributed by atoms with Gasteiger partial charge in [-0.25, -0.2) is 9.98 Å². The van der Waals surface area contributed by atoms with Crippen LogP contribution < -0.4 is 5.43 Å². The number of hydrazine groups is 1. The number of aromatic nitrogens is 1. The topological polar surface area (TPSA) is 56.1 Å². The van der Waals surface area contributed by atoms with Crippen molar-refractivity contribution >= 4 is 44.6 Å². The highest BCUT2D eigenvalue weighted by Crippen LogP contribution is 2.31. The maximum atomic E-state index is 4.52. The van der Waals surface area contributed by atoms with Gasteiger partial charge in [0.25, 0.3) is 0 Å². The summed E-state index contributed by atoms with van der Waals surface area (Å²) in [5, 5.41) is 4.75. The first-order valence-corrected chi connectivity index (χ1v) is 7.88. The Labute approximate surface area is 128 Å². The van der Waals surface area contributed by atoms with Crippen molar-refractivity contribution in [2.75, 3.05) is 25.1 Å². The Morgan fingerprint density at radius 2 is 2.35 bits per heavy atom. The molecule has 0 saturated heterocycles. The molecule has 1 N–H and O–H groups in total. The van der Waals surface area contributed by atoms with Gasteiger partial charge in [-0.2, -0.15) is 0 Å². The normalized spacial score (nSPS) is 20.6. The minimum Gasteiger partial charge on any atom is -0.324 e. The molecule has 102 valence electrons. The molecular weight excluding hydrogens is 340 g/mol. The Bertz CT molecular complexity index is 659. The van der Waals surface area contributed by atoms with E-state index in [0.717, 1.165) is 40.8 Å². The first-order valence-electron chi connectivity index (χ1n) is 6.21. The number of anilines is 1. The van der Waals surface area contributed by atoms with Crippen molar-refractivity contribution in [1.29, 1.82) is 0 Å². The highest BCUT2D eigenvalue weighted by Gasteiger charge is 2.31. The van der Waals surface area contributed by atoms with E-state index in [1.54, 1.807) is 23.9 Å². The summed E-state index contributed by atoms with van der Waals surface area (Å²) in [7, 11) is 0. The lowest BCUT2D eigenvalue weighted by Crippen LogP contribution is -2.41. The van der Waals surface area contributed by atoms with Crippen LogP contribution in [0.5, 0.6) is 0 Å². The second-order valence-corrected chi connectivity index (χ2v) is 6.25. The molecule has 0 spiro atoms. The van der Waals surface area contributed by atoms with Crippen LogP contribution >= 0.6 is 27.3 Å². The second-order valence-electron chi connectivity index (χ2n) is 4.50. The Morgan fingerprint density at radius 3 is 3.20 bits per heavy atom. The molecule has 3 aliphatic heterocycles. The number of rotatable bonds is 2. The van der Waals surface area contributed by atoms with E-state index >= 15 is 0 Å². The summed E-state index contributed by atoms with van der Waals surface area (Å²) in [5.41, 5.74) is 5.42. The maximum absolute atomic E-state index is 4.52. The van der Waals surface area contributed by atoms with Gasteiger partial charge >= 0.3 is 0 Å². The molecule has 0 unspecified atom stereocenters. The van der Waals surface area contributed by atoms with E-state index in [-0.39, 0.29) is 0 Å². The number of hydrogen-bond donors (Lipinski definition) is 1. The van der Waals surface area contributed by atoms with Gasteiger partial charge in [-0.3, -0.25) is 15.4 Å². The van der Waals surface area contributed by atoms with Crippen molar-refractivity contribution in [3.05, 3.63) is 33.5 Å². The predicted molar refractivity (Wildman–Crippen MR) is 84.0 cm³/mol. The zero-order valence-corrected chi connectivity index (χ0v) is 12.9. The van der Waals surface area contributed by atoms with Gasteiger partial charge in [0, 0.05) is 18.1 Å². The number of hydrogen-bond acceptors (Lipinski definition) is 7. The third-order valence-corrected chi connectivity index (χ3v) is 4.53. The number of nitrogens with one attached hydrogen (secondary N) is 1. The molecule has 0 radical (unpaired) electrons. The summed E-state index contributed by atoms with van der Waals surface area (Å²) in [6.45, 7) is 2.49. The van der Waals surface area contributed by atoms with Gasteiger partial charge in [-0.1, -0.05) is 0 Å². The zero-order valence-electron chi connectivity index (χ0n) is 10.5. The predicted octanol–water partition coefficient (Wildman–Crippen LogP) is 2.03. The van der Waals surface area contributed by atoms with Crippen molar-refractivity contribution in [1.82, 2.24) is 14.9 Å². The summed E-state index contributed by atoms with van der Waals surface area (Å²) in [6.07, 6.45) is 5.62. The molecule has 0 atom stereocenters. The number of aliphatic imine (C=N–C) groups is 2. The third kappa shape index (κ3) is 1.95. The number of nitrogens with zero attached hydrogens (tertiary/aromatic N) is 5. The van der Waals surface area contributed by atoms with Gasteiger partial charge in [0.2, 0.25) is 5.13 Å². The molecule has 0 saturated carbocycles. The van der Waals surface area contributed by atoms with Crippen LogP contribution in [-0.4, -0.2) is 46.7 Å². The number of allylic oxidation sites excluding steroid dienone is 1. The third-order valence-electron chi connectivity index (χ3n) is 3.27. The summed E-state index contributed by atoms with van der Waals surface area (Å²) in [6, 6.07) is 0. The van der Waals surface area contributed by atoms with Gasteiger partial charge in [0.1, 0.15) is 12.2 Å². The van der Waals surface area contributed by atoms with Crippen molar-refractivity contribution in [2.45, 2.75) is 0 Å². The second kappa shape index (κ2) is 4.71. The van der Waals surface area contributed by atoms with Crippen molar-refractivity contribution in [2.24, 2.45) is 9.98 Å². The molecule has 8 heteroatoms. The fourth-order valence-corrected chi connectivity index (χ4v) is 3.50. The fraction of sp³-hybridized carbons (Fsp3) is 0.250. The van der Waals surface area contributed by atoms with Gasteiger partial charge in [-0.05, 0) is 22.0 Å². The highest BCUT2D eigenvalue weighted by molar-refractivity contribution is 9.12. The zero-order chi connectivity index (χ0) is 13.5. The lowest BCUT2D eigenvalue weighted by atomic mass is 10.2. The Morgan fingerprint density at radius 1 is 1.40 bits per heavy atom. The van der Waals surface area contributed by atoms with Crippen LogP contribution in [0.2, 0.25) is 0 Å². The Kier molecular flexibility index (Phi) is 2.85. The molecule has 0 fully saturated rings. The average Bonchev–Trinajstić information content (AvgIpc) is 3.10. The van der Waals surface area contributed by atoms with Crippen molar-refractivity contribution in [3.63, 3.8) is 0 Å². The van der Waals surface area contributed by atoms with E-state index in [1.165, 1.54) is 5.70 Å². The molecule has 1 aromatic rings. The molecule has 1 aromatic heterocycles.